The highest BCUT2D eigenvalue weighted by molar-refractivity contribution is 5.24. The van der Waals surface area contributed by atoms with Crippen LogP contribution in [0.2, 0.25) is 0 Å². The minimum atomic E-state index is -1.40. The maximum absolute atomic E-state index is 10.7. The fourth-order valence-corrected chi connectivity index (χ4v) is 7.94. The molecule has 3 fully saturated rings. The summed E-state index contributed by atoms with van der Waals surface area (Å²) in [5.74, 6) is 0.433. The molecule has 2 saturated heterocycles. The number of hydrogen-bond donors (Lipinski definition) is 6. The van der Waals surface area contributed by atoms with Gasteiger partial charge in [0.1, 0.15) is 36.6 Å². The van der Waals surface area contributed by atoms with E-state index >= 15 is 0 Å². The summed E-state index contributed by atoms with van der Waals surface area (Å²) >= 11 is 0. The third kappa shape index (κ3) is 5.89. The maximum Gasteiger partial charge on any atom is 0.187 e. The minimum Gasteiger partial charge on any atom is -0.388 e. The molecule has 0 radical (unpaired) electrons. The molecule has 2 heterocycles. The molecule has 2 aliphatic carbocycles. The Hall–Kier alpha value is -0.920. The first kappa shape index (κ1) is 34.0. The first-order chi connectivity index (χ1) is 19.5. The van der Waals surface area contributed by atoms with Crippen LogP contribution in [0.25, 0.3) is 0 Å². The quantitative estimate of drug-likeness (QED) is 0.229. The van der Waals surface area contributed by atoms with Gasteiger partial charge in [-0.2, -0.15) is 0 Å². The van der Waals surface area contributed by atoms with Crippen LogP contribution < -0.4 is 0 Å². The lowest BCUT2D eigenvalue weighted by Gasteiger charge is -2.61. The summed E-state index contributed by atoms with van der Waals surface area (Å²) < 4.78 is 24.4. The van der Waals surface area contributed by atoms with Crippen LogP contribution >= 0.6 is 0 Å². The molecule has 4 rings (SSSR count). The molecule has 1 saturated carbocycles. The van der Waals surface area contributed by atoms with Crippen LogP contribution in [0.5, 0.6) is 0 Å². The number of aliphatic hydroxyl groups excluding tert-OH is 6. The second-order valence-electron chi connectivity index (χ2n) is 14.1. The van der Waals surface area contributed by atoms with Crippen molar-refractivity contribution in [1.82, 2.24) is 0 Å². The van der Waals surface area contributed by atoms with Crippen molar-refractivity contribution >= 4 is 0 Å². The molecule has 0 spiro atoms. The van der Waals surface area contributed by atoms with Gasteiger partial charge in [0, 0.05) is 5.41 Å². The smallest absolute Gasteiger partial charge is 0.187 e. The van der Waals surface area contributed by atoms with Crippen LogP contribution in [-0.4, -0.2) is 104 Å². The van der Waals surface area contributed by atoms with Crippen molar-refractivity contribution in [3.8, 4) is 0 Å². The number of rotatable bonds is 8. The number of allylic oxidation sites excluding steroid dienone is 1. The van der Waals surface area contributed by atoms with Crippen LogP contribution in [0.4, 0.5) is 0 Å². The third-order valence-corrected chi connectivity index (χ3v) is 11.5. The molecule has 10 nitrogen and oxygen atoms in total. The Kier molecular flexibility index (Phi) is 10.1. The average molecular weight is 599 g/mol. The van der Waals surface area contributed by atoms with Gasteiger partial charge in [-0.1, -0.05) is 38.5 Å². The molecule has 16 atom stereocenters. The van der Waals surface area contributed by atoms with Gasteiger partial charge in [0.15, 0.2) is 12.6 Å². The molecule has 42 heavy (non-hydrogen) atoms. The SMILES string of the molecule is C=C[C@](C)(CC[C@@]1(C)[C@H](C)C[C@H](O[C@@H]2O[C@@H](C)[C@H](O)[C@@H](O)[C@H]2O)[C@@]2(C)C(C)=CCC[C@H]12)O[C@H]1O[C@@H](C)[C@@H](O)[C@@H](O)[C@@H]1O. The predicted molar refractivity (Wildman–Crippen MR) is 155 cm³/mol. The summed E-state index contributed by atoms with van der Waals surface area (Å²) in [6, 6.07) is 0. The van der Waals surface area contributed by atoms with E-state index in [4.69, 9.17) is 18.9 Å². The molecule has 242 valence electrons. The lowest BCUT2D eigenvalue weighted by atomic mass is 9.45. The number of hydrogen-bond acceptors (Lipinski definition) is 10. The normalized spacial score (nSPS) is 51.3. The summed E-state index contributed by atoms with van der Waals surface area (Å²) in [5.41, 5.74) is -0.144. The average Bonchev–Trinajstić information content (AvgIpc) is 2.95. The Balaban J connectivity index is 1.54. The van der Waals surface area contributed by atoms with E-state index in [0.29, 0.717) is 12.8 Å². The summed E-state index contributed by atoms with van der Waals surface area (Å²) in [4.78, 5) is 0. The molecule has 10 heteroatoms. The first-order valence-corrected chi connectivity index (χ1v) is 15.5. The van der Waals surface area contributed by atoms with E-state index in [2.05, 4.69) is 40.3 Å². The Morgan fingerprint density at radius 3 is 2.05 bits per heavy atom. The zero-order valence-corrected chi connectivity index (χ0v) is 26.2. The fourth-order valence-electron chi connectivity index (χ4n) is 7.94. The number of fused-ring (bicyclic) bond motifs is 1. The predicted octanol–water partition coefficient (Wildman–Crippen LogP) is 2.18. The largest absolute Gasteiger partial charge is 0.388 e. The highest BCUT2D eigenvalue weighted by Gasteiger charge is 2.59. The lowest BCUT2D eigenvalue weighted by molar-refractivity contribution is -0.322. The molecule has 0 amide bonds. The molecule has 0 bridgehead atoms. The van der Waals surface area contributed by atoms with Crippen molar-refractivity contribution in [3.63, 3.8) is 0 Å². The maximum atomic E-state index is 10.7. The van der Waals surface area contributed by atoms with Gasteiger partial charge in [-0.05, 0) is 77.0 Å². The van der Waals surface area contributed by atoms with E-state index in [9.17, 15) is 30.6 Å². The van der Waals surface area contributed by atoms with Crippen molar-refractivity contribution < 1.29 is 49.6 Å². The van der Waals surface area contributed by atoms with Crippen molar-refractivity contribution in [1.29, 1.82) is 0 Å². The van der Waals surface area contributed by atoms with E-state index in [-0.39, 0.29) is 28.8 Å². The highest BCUT2D eigenvalue weighted by atomic mass is 16.7. The van der Waals surface area contributed by atoms with Gasteiger partial charge < -0.3 is 49.6 Å². The Morgan fingerprint density at radius 2 is 1.48 bits per heavy atom. The summed E-state index contributed by atoms with van der Waals surface area (Å²) in [6.45, 7) is 18.1. The molecule has 2 aliphatic heterocycles. The third-order valence-electron chi connectivity index (χ3n) is 11.5. The van der Waals surface area contributed by atoms with Crippen LogP contribution in [0.1, 0.15) is 80.6 Å². The van der Waals surface area contributed by atoms with E-state index in [1.165, 1.54) is 5.57 Å². The monoisotopic (exact) mass is 598 g/mol. The Morgan fingerprint density at radius 1 is 0.929 bits per heavy atom. The van der Waals surface area contributed by atoms with Gasteiger partial charge >= 0.3 is 0 Å². The van der Waals surface area contributed by atoms with Crippen molar-refractivity contribution in [2.24, 2.45) is 22.7 Å². The molecule has 0 aromatic heterocycles. The highest BCUT2D eigenvalue weighted by Crippen LogP contribution is 2.63. The van der Waals surface area contributed by atoms with E-state index in [0.717, 1.165) is 19.3 Å². The van der Waals surface area contributed by atoms with Gasteiger partial charge in [-0.15, -0.1) is 6.58 Å². The van der Waals surface area contributed by atoms with Crippen LogP contribution in [0.15, 0.2) is 24.3 Å². The zero-order valence-electron chi connectivity index (χ0n) is 26.2. The first-order valence-electron chi connectivity index (χ1n) is 15.5. The Labute approximate surface area is 250 Å². The van der Waals surface area contributed by atoms with Crippen LogP contribution in [-0.2, 0) is 18.9 Å². The molecule has 6 N–H and O–H groups in total. The van der Waals surface area contributed by atoms with Gasteiger partial charge in [0.25, 0.3) is 0 Å². The second kappa shape index (κ2) is 12.5. The number of ether oxygens (including phenoxy) is 4. The van der Waals surface area contributed by atoms with Crippen molar-refractivity contribution in [2.75, 3.05) is 0 Å². The molecular weight excluding hydrogens is 544 g/mol. The molecule has 0 aromatic rings. The standard InChI is InChI=1S/C32H54O10/c1-9-30(6,42-29-27(38)25(36)23(34)19(5)40-29)13-14-31(7)17(3)15-21(32(8)16(2)11-10-12-20(31)32)41-28-26(37)24(35)22(33)18(4)39-28/h9,11,17-29,33-38H,1,10,12-15H2,2-8H3/t17-,18+,19+,20-,21+,22+,23-,24-,25-,26-,27+,28+,29-,30-,31+,32+/m1/s1. The number of aliphatic hydroxyl groups is 6. The summed E-state index contributed by atoms with van der Waals surface area (Å²) in [5, 5.41) is 62.2. The second-order valence-corrected chi connectivity index (χ2v) is 14.1. The molecule has 4 aliphatic rings. The minimum absolute atomic E-state index is 0.137. The van der Waals surface area contributed by atoms with Crippen LogP contribution in [0, 0.1) is 22.7 Å². The topological polar surface area (TPSA) is 158 Å². The van der Waals surface area contributed by atoms with Crippen molar-refractivity contribution in [3.05, 3.63) is 24.3 Å². The lowest BCUT2D eigenvalue weighted by Crippen LogP contribution is -2.62. The van der Waals surface area contributed by atoms with E-state index < -0.39 is 67.0 Å². The fraction of sp³-hybridized carbons (Fsp3) is 0.875. The van der Waals surface area contributed by atoms with Crippen molar-refractivity contribution in [2.45, 2.75) is 154 Å². The molecule has 0 unspecified atom stereocenters. The Bertz CT molecular complexity index is 990. The molecular formula is C32H54O10. The van der Waals surface area contributed by atoms with Gasteiger partial charge in [0.05, 0.1) is 23.9 Å². The summed E-state index contributed by atoms with van der Waals surface area (Å²) in [6.07, 6.45) is -3.76. The zero-order chi connectivity index (χ0) is 31.4. The van der Waals surface area contributed by atoms with Gasteiger partial charge in [0.2, 0.25) is 0 Å². The molecule has 0 aromatic carbocycles. The van der Waals surface area contributed by atoms with Crippen LogP contribution in [0.3, 0.4) is 0 Å². The van der Waals surface area contributed by atoms with Gasteiger partial charge in [-0.25, -0.2) is 0 Å². The summed E-state index contributed by atoms with van der Waals surface area (Å²) in [7, 11) is 0. The van der Waals surface area contributed by atoms with Gasteiger partial charge in [-0.3, -0.25) is 0 Å². The van der Waals surface area contributed by atoms with E-state index in [1.54, 1.807) is 19.9 Å². The van der Waals surface area contributed by atoms with E-state index in [1.807, 2.05) is 6.92 Å².